The van der Waals surface area contributed by atoms with E-state index in [0.717, 1.165) is 37.5 Å². The first-order chi connectivity index (χ1) is 7.02. The summed E-state index contributed by atoms with van der Waals surface area (Å²) in [7, 11) is 0. The molecule has 2 rings (SSSR count). The van der Waals surface area contributed by atoms with Crippen LogP contribution in [0.2, 0.25) is 0 Å². The summed E-state index contributed by atoms with van der Waals surface area (Å²) in [5.74, 6) is 0. The maximum atomic E-state index is 11.0. The Morgan fingerprint density at radius 3 is 2.60 bits per heavy atom. The van der Waals surface area contributed by atoms with Gasteiger partial charge in [-0.05, 0) is 48.3 Å². The van der Waals surface area contributed by atoms with Gasteiger partial charge in [-0.1, -0.05) is 13.8 Å². The zero-order valence-electron chi connectivity index (χ0n) is 9.81. The van der Waals surface area contributed by atoms with Gasteiger partial charge in [-0.25, -0.2) is 0 Å². The van der Waals surface area contributed by atoms with Crippen LogP contribution >= 0.6 is 0 Å². The second-order valence-corrected chi connectivity index (χ2v) is 5.52. The van der Waals surface area contributed by atoms with Gasteiger partial charge < -0.3 is 0 Å². The molecule has 0 radical (unpaired) electrons. The first kappa shape index (κ1) is 10.4. The van der Waals surface area contributed by atoms with E-state index in [-0.39, 0.29) is 0 Å². The molecule has 0 heterocycles. The summed E-state index contributed by atoms with van der Waals surface area (Å²) in [5, 5.41) is 0. The lowest BCUT2D eigenvalue weighted by Crippen LogP contribution is -2.20. The normalized spacial score (nSPS) is 24.2. The maximum absolute atomic E-state index is 11.0. The molecule has 0 aromatic carbocycles. The summed E-state index contributed by atoms with van der Waals surface area (Å²) in [4.78, 5) is 11.0. The van der Waals surface area contributed by atoms with E-state index in [1.54, 1.807) is 0 Å². The van der Waals surface area contributed by atoms with Gasteiger partial charge in [0.25, 0.3) is 0 Å². The highest BCUT2D eigenvalue weighted by Gasteiger charge is 2.29. The highest BCUT2D eigenvalue weighted by atomic mass is 16.1. The highest BCUT2D eigenvalue weighted by Crippen LogP contribution is 2.43. The SMILES string of the molecule is CC1=C=C(C2=C(C=O)CCC(C)(C)C2)C1. The fraction of sp³-hybridized carbons (Fsp3) is 0.571. The Labute approximate surface area is 91.6 Å². The van der Waals surface area contributed by atoms with Crippen LogP contribution in [0.15, 0.2) is 28.0 Å². The second kappa shape index (κ2) is 3.50. The Kier molecular flexibility index (Phi) is 2.44. The molecule has 0 fully saturated rings. The first-order valence-corrected chi connectivity index (χ1v) is 5.65. The first-order valence-electron chi connectivity index (χ1n) is 5.65. The summed E-state index contributed by atoms with van der Waals surface area (Å²) in [6, 6.07) is 0. The van der Waals surface area contributed by atoms with Gasteiger partial charge in [0.15, 0.2) is 0 Å². The molecule has 0 atom stereocenters. The van der Waals surface area contributed by atoms with E-state index in [9.17, 15) is 4.79 Å². The summed E-state index contributed by atoms with van der Waals surface area (Å²) < 4.78 is 0. The topological polar surface area (TPSA) is 17.1 Å². The average molecular weight is 202 g/mol. The number of rotatable bonds is 2. The second-order valence-electron chi connectivity index (χ2n) is 5.52. The minimum Gasteiger partial charge on any atom is -0.298 e. The number of carbonyl (C=O) groups is 1. The van der Waals surface area contributed by atoms with Crippen molar-refractivity contribution in [2.45, 2.75) is 46.5 Å². The van der Waals surface area contributed by atoms with Crippen LogP contribution in [-0.2, 0) is 4.79 Å². The summed E-state index contributed by atoms with van der Waals surface area (Å²) in [6.45, 7) is 6.66. The number of carbonyl (C=O) groups excluding carboxylic acids is 1. The lowest BCUT2D eigenvalue weighted by atomic mass is 9.71. The van der Waals surface area contributed by atoms with Crippen molar-refractivity contribution in [3.05, 3.63) is 28.0 Å². The summed E-state index contributed by atoms with van der Waals surface area (Å²) in [6.07, 6.45) is 5.18. The van der Waals surface area contributed by atoms with E-state index < -0.39 is 0 Å². The van der Waals surface area contributed by atoms with E-state index in [2.05, 4.69) is 26.5 Å². The third-order valence-corrected chi connectivity index (χ3v) is 3.43. The van der Waals surface area contributed by atoms with Crippen LogP contribution in [0.3, 0.4) is 0 Å². The van der Waals surface area contributed by atoms with Crippen molar-refractivity contribution in [3.8, 4) is 0 Å². The van der Waals surface area contributed by atoms with Crippen LogP contribution in [0.1, 0.15) is 46.5 Å². The molecule has 0 bridgehead atoms. The smallest absolute Gasteiger partial charge is 0.146 e. The number of hydrogen-bond acceptors (Lipinski definition) is 1. The van der Waals surface area contributed by atoms with Gasteiger partial charge in [0, 0.05) is 12.0 Å². The fourth-order valence-corrected chi connectivity index (χ4v) is 2.42. The minimum absolute atomic E-state index is 0.347. The molecule has 1 nitrogen and oxygen atoms in total. The largest absolute Gasteiger partial charge is 0.298 e. The quantitative estimate of drug-likeness (QED) is 0.494. The monoisotopic (exact) mass is 202 g/mol. The van der Waals surface area contributed by atoms with Gasteiger partial charge >= 0.3 is 0 Å². The third kappa shape index (κ3) is 1.98. The Morgan fingerprint density at radius 1 is 1.40 bits per heavy atom. The molecule has 0 spiro atoms. The molecule has 80 valence electrons. The minimum atomic E-state index is 0.347. The van der Waals surface area contributed by atoms with E-state index >= 15 is 0 Å². The maximum Gasteiger partial charge on any atom is 0.146 e. The van der Waals surface area contributed by atoms with E-state index in [1.165, 1.54) is 16.7 Å². The Balaban J connectivity index is 2.37. The van der Waals surface area contributed by atoms with Crippen LogP contribution in [0.4, 0.5) is 0 Å². The lowest BCUT2D eigenvalue weighted by Gasteiger charge is -2.33. The van der Waals surface area contributed by atoms with Gasteiger partial charge in [-0.15, -0.1) is 5.73 Å². The molecule has 15 heavy (non-hydrogen) atoms. The molecule has 0 aliphatic heterocycles. The van der Waals surface area contributed by atoms with Gasteiger partial charge in [0.05, 0.1) is 0 Å². The van der Waals surface area contributed by atoms with Crippen LogP contribution in [0, 0.1) is 5.41 Å². The molecule has 1 heteroatoms. The molecule has 0 N–H and O–H groups in total. The molecular weight excluding hydrogens is 184 g/mol. The molecule has 0 saturated heterocycles. The van der Waals surface area contributed by atoms with Crippen LogP contribution in [0.5, 0.6) is 0 Å². The predicted octanol–water partition coefficient (Wildman–Crippen LogP) is 3.57. The molecule has 0 unspecified atom stereocenters. The number of aldehydes is 1. The molecule has 0 amide bonds. The summed E-state index contributed by atoms with van der Waals surface area (Å²) >= 11 is 0. The Hall–Kier alpha value is -1.07. The molecule has 2 aliphatic carbocycles. The van der Waals surface area contributed by atoms with E-state index in [4.69, 9.17) is 0 Å². The number of allylic oxidation sites excluding steroid dienone is 3. The average Bonchev–Trinajstić information content (AvgIpc) is 2.12. The van der Waals surface area contributed by atoms with Gasteiger partial charge in [0.2, 0.25) is 0 Å². The van der Waals surface area contributed by atoms with Crippen LogP contribution in [0.25, 0.3) is 0 Å². The number of hydrogen-bond donors (Lipinski definition) is 0. The predicted molar refractivity (Wildman–Crippen MR) is 61.6 cm³/mol. The van der Waals surface area contributed by atoms with Crippen molar-refractivity contribution in [3.63, 3.8) is 0 Å². The van der Waals surface area contributed by atoms with Gasteiger partial charge in [-0.2, -0.15) is 0 Å². The van der Waals surface area contributed by atoms with E-state index in [1.807, 2.05) is 0 Å². The molecule has 0 saturated carbocycles. The third-order valence-electron chi connectivity index (χ3n) is 3.43. The van der Waals surface area contributed by atoms with Gasteiger partial charge in [-0.3, -0.25) is 4.79 Å². The zero-order chi connectivity index (χ0) is 11.1. The standard InChI is InChI=1S/C14H18O/c1-10-6-12(7-10)13-8-14(2,3)5-4-11(13)9-15/h9H,4-6,8H2,1-3H3. The molecule has 0 aromatic heterocycles. The van der Waals surface area contributed by atoms with Crippen molar-refractivity contribution in [1.29, 1.82) is 0 Å². The fourth-order valence-electron chi connectivity index (χ4n) is 2.42. The molecule has 0 aromatic rings. The van der Waals surface area contributed by atoms with Crippen LogP contribution in [-0.4, -0.2) is 6.29 Å². The lowest BCUT2D eigenvalue weighted by molar-refractivity contribution is -0.105. The zero-order valence-corrected chi connectivity index (χ0v) is 9.81. The molecular formula is C14H18O. The van der Waals surface area contributed by atoms with Crippen molar-refractivity contribution >= 4 is 6.29 Å². The van der Waals surface area contributed by atoms with Crippen LogP contribution < -0.4 is 0 Å². The van der Waals surface area contributed by atoms with Crippen molar-refractivity contribution in [1.82, 2.24) is 0 Å². The van der Waals surface area contributed by atoms with E-state index in [0.29, 0.717) is 5.41 Å². The highest BCUT2D eigenvalue weighted by molar-refractivity contribution is 5.77. The van der Waals surface area contributed by atoms with Crippen molar-refractivity contribution in [2.75, 3.05) is 0 Å². The van der Waals surface area contributed by atoms with Crippen molar-refractivity contribution in [2.24, 2.45) is 5.41 Å². The van der Waals surface area contributed by atoms with Gasteiger partial charge in [0.1, 0.15) is 6.29 Å². The van der Waals surface area contributed by atoms with Crippen molar-refractivity contribution < 1.29 is 4.79 Å². The Bertz CT molecular complexity index is 401. The molecule has 2 aliphatic rings. The summed E-state index contributed by atoms with van der Waals surface area (Å²) in [5.41, 5.74) is 8.57. The Morgan fingerprint density at radius 2 is 2.07 bits per heavy atom.